The van der Waals surface area contributed by atoms with E-state index in [1.165, 1.54) is 0 Å². The Labute approximate surface area is 129 Å². The Bertz CT molecular complexity index is 624. The predicted octanol–water partition coefficient (Wildman–Crippen LogP) is 2.03. The zero-order chi connectivity index (χ0) is 15.4. The van der Waals surface area contributed by atoms with Crippen molar-refractivity contribution in [1.82, 2.24) is 15.3 Å². The van der Waals surface area contributed by atoms with Crippen LogP contribution in [-0.4, -0.2) is 33.6 Å². The van der Waals surface area contributed by atoms with Crippen LogP contribution in [0, 0.1) is 5.92 Å². The molecule has 0 bridgehead atoms. The Morgan fingerprint density at radius 1 is 1.23 bits per heavy atom. The van der Waals surface area contributed by atoms with Gasteiger partial charge >= 0.3 is 0 Å². The van der Waals surface area contributed by atoms with E-state index in [9.17, 15) is 4.79 Å². The summed E-state index contributed by atoms with van der Waals surface area (Å²) in [6, 6.07) is 9.69. The summed E-state index contributed by atoms with van der Waals surface area (Å²) < 4.78 is 0. The Kier molecular flexibility index (Phi) is 4.44. The van der Waals surface area contributed by atoms with Gasteiger partial charge in [-0.05, 0) is 25.2 Å². The Morgan fingerprint density at radius 2 is 1.91 bits per heavy atom. The van der Waals surface area contributed by atoms with Gasteiger partial charge in [-0.25, -0.2) is 9.97 Å². The second-order valence-electron chi connectivity index (χ2n) is 5.59. The maximum Gasteiger partial charge on any atom is 0.254 e. The molecule has 1 aromatic carbocycles. The highest BCUT2D eigenvalue weighted by Crippen LogP contribution is 2.34. The van der Waals surface area contributed by atoms with E-state index in [2.05, 4.69) is 15.3 Å². The van der Waals surface area contributed by atoms with E-state index in [0.717, 1.165) is 18.4 Å². The first kappa shape index (κ1) is 14.7. The standard InChI is InChI=1S/C17H19N3O2/c21-9-8-15(12-6-7-12)20-17(22)14-10-18-16(19-11-14)13-4-2-1-3-5-13/h1-5,10-12,15,21H,6-9H2,(H,20,22). The molecule has 0 radical (unpaired) electrons. The van der Waals surface area contributed by atoms with Gasteiger partial charge in [0.1, 0.15) is 0 Å². The van der Waals surface area contributed by atoms with E-state index in [1.54, 1.807) is 12.4 Å². The number of aliphatic hydroxyl groups excluding tert-OH is 1. The quantitative estimate of drug-likeness (QED) is 0.855. The molecule has 2 aromatic rings. The van der Waals surface area contributed by atoms with E-state index in [0.29, 0.717) is 23.7 Å². The van der Waals surface area contributed by atoms with Gasteiger partial charge in [0.2, 0.25) is 0 Å². The fourth-order valence-corrected chi connectivity index (χ4v) is 2.50. The number of amides is 1. The summed E-state index contributed by atoms with van der Waals surface area (Å²) >= 11 is 0. The molecule has 0 spiro atoms. The Morgan fingerprint density at radius 3 is 2.50 bits per heavy atom. The fourth-order valence-electron chi connectivity index (χ4n) is 2.50. The van der Waals surface area contributed by atoms with Gasteiger partial charge in [-0.2, -0.15) is 0 Å². The fraction of sp³-hybridized carbons (Fsp3) is 0.353. The normalized spacial score (nSPS) is 15.3. The first-order valence-electron chi connectivity index (χ1n) is 7.57. The molecule has 1 unspecified atom stereocenters. The van der Waals surface area contributed by atoms with Gasteiger partial charge in [-0.3, -0.25) is 4.79 Å². The van der Waals surface area contributed by atoms with Gasteiger partial charge in [0.15, 0.2) is 5.82 Å². The van der Waals surface area contributed by atoms with E-state index in [1.807, 2.05) is 30.3 Å². The van der Waals surface area contributed by atoms with Crippen LogP contribution in [0.4, 0.5) is 0 Å². The monoisotopic (exact) mass is 297 g/mol. The molecule has 0 saturated heterocycles. The summed E-state index contributed by atoms with van der Waals surface area (Å²) in [6.07, 6.45) is 5.93. The number of hydrogen-bond donors (Lipinski definition) is 2. The highest BCUT2D eigenvalue weighted by molar-refractivity contribution is 5.93. The molecular weight excluding hydrogens is 278 g/mol. The first-order chi connectivity index (χ1) is 10.8. The van der Waals surface area contributed by atoms with E-state index in [-0.39, 0.29) is 18.6 Å². The van der Waals surface area contributed by atoms with Gasteiger partial charge in [-0.15, -0.1) is 0 Å². The molecule has 1 amide bonds. The Balaban J connectivity index is 1.68. The lowest BCUT2D eigenvalue weighted by atomic mass is 10.1. The molecule has 1 heterocycles. The number of benzene rings is 1. The summed E-state index contributed by atoms with van der Waals surface area (Å²) in [7, 11) is 0. The summed E-state index contributed by atoms with van der Waals surface area (Å²) in [4.78, 5) is 20.8. The third-order valence-corrected chi connectivity index (χ3v) is 3.89. The third-order valence-electron chi connectivity index (χ3n) is 3.89. The number of hydrogen-bond acceptors (Lipinski definition) is 4. The number of carbonyl (C=O) groups is 1. The minimum absolute atomic E-state index is 0.0475. The van der Waals surface area contributed by atoms with Crippen LogP contribution in [0.1, 0.15) is 29.6 Å². The zero-order valence-corrected chi connectivity index (χ0v) is 12.3. The molecule has 3 rings (SSSR count). The number of nitrogens with one attached hydrogen (secondary N) is 1. The van der Waals surface area contributed by atoms with Crippen LogP contribution < -0.4 is 5.32 Å². The predicted molar refractivity (Wildman–Crippen MR) is 83.1 cm³/mol. The van der Waals surface area contributed by atoms with Crippen LogP contribution in [0.2, 0.25) is 0 Å². The molecule has 22 heavy (non-hydrogen) atoms. The number of aromatic nitrogens is 2. The van der Waals surface area contributed by atoms with E-state index < -0.39 is 0 Å². The van der Waals surface area contributed by atoms with Gasteiger partial charge in [-0.1, -0.05) is 30.3 Å². The first-order valence-corrected chi connectivity index (χ1v) is 7.57. The molecule has 1 atom stereocenters. The maximum absolute atomic E-state index is 12.2. The summed E-state index contributed by atoms with van der Waals surface area (Å²) in [6.45, 7) is 0.0882. The summed E-state index contributed by atoms with van der Waals surface area (Å²) in [5.74, 6) is 0.928. The SMILES string of the molecule is O=C(NC(CCO)C1CC1)c1cnc(-c2ccccc2)nc1. The van der Waals surface area contributed by atoms with Crippen molar-refractivity contribution >= 4 is 5.91 Å². The lowest BCUT2D eigenvalue weighted by Crippen LogP contribution is -2.37. The molecule has 1 saturated carbocycles. The molecule has 1 aliphatic rings. The third kappa shape index (κ3) is 3.49. The van der Waals surface area contributed by atoms with Crippen molar-refractivity contribution in [3.05, 3.63) is 48.3 Å². The van der Waals surface area contributed by atoms with Crippen LogP contribution in [0.25, 0.3) is 11.4 Å². The molecule has 5 heteroatoms. The number of rotatable bonds is 6. The Hall–Kier alpha value is -2.27. The van der Waals surface area contributed by atoms with E-state index in [4.69, 9.17) is 5.11 Å². The highest BCUT2D eigenvalue weighted by atomic mass is 16.3. The van der Waals surface area contributed by atoms with Crippen molar-refractivity contribution < 1.29 is 9.90 Å². The molecule has 1 aromatic heterocycles. The van der Waals surface area contributed by atoms with Crippen molar-refractivity contribution in [1.29, 1.82) is 0 Å². The van der Waals surface area contributed by atoms with Crippen LogP contribution >= 0.6 is 0 Å². The lowest BCUT2D eigenvalue weighted by molar-refractivity contribution is 0.0923. The van der Waals surface area contributed by atoms with Gasteiger partial charge in [0.25, 0.3) is 5.91 Å². The van der Waals surface area contributed by atoms with Crippen molar-refractivity contribution in [3.63, 3.8) is 0 Å². The average Bonchev–Trinajstić information content (AvgIpc) is 3.40. The van der Waals surface area contributed by atoms with Crippen molar-refractivity contribution in [2.45, 2.75) is 25.3 Å². The van der Waals surface area contributed by atoms with Gasteiger partial charge in [0, 0.05) is 30.6 Å². The van der Waals surface area contributed by atoms with Gasteiger partial charge in [0.05, 0.1) is 5.56 Å². The average molecular weight is 297 g/mol. The topological polar surface area (TPSA) is 75.1 Å². The summed E-state index contributed by atoms with van der Waals surface area (Å²) in [5, 5.41) is 12.1. The number of nitrogens with zero attached hydrogens (tertiary/aromatic N) is 2. The van der Waals surface area contributed by atoms with Gasteiger partial charge < -0.3 is 10.4 Å². The van der Waals surface area contributed by atoms with Crippen molar-refractivity contribution in [3.8, 4) is 11.4 Å². The molecule has 2 N–H and O–H groups in total. The van der Waals surface area contributed by atoms with Crippen LogP contribution in [0.3, 0.4) is 0 Å². The maximum atomic E-state index is 12.2. The smallest absolute Gasteiger partial charge is 0.254 e. The van der Waals surface area contributed by atoms with Crippen LogP contribution in [-0.2, 0) is 0 Å². The molecule has 114 valence electrons. The highest BCUT2D eigenvalue weighted by Gasteiger charge is 2.32. The van der Waals surface area contributed by atoms with Crippen LogP contribution in [0.5, 0.6) is 0 Å². The molecule has 1 fully saturated rings. The minimum Gasteiger partial charge on any atom is -0.396 e. The van der Waals surface area contributed by atoms with Crippen molar-refractivity contribution in [2.75, 3.05) is 6.61 Å². The molecule has 1 aliphatic carbocycles. The largest absolute Gasteiger partial charge is 0.396 e. The molecule has 0 aliphatic heterocycles. The lowest BCUT2D eigenvalue weighted by Gasteiger charge is -2.16. The van der Waals surface area contributed by atoms with Crippen molar-refractivity contribution in [2.24, 2.45) is 5.92 Å². The second kappa shape index (κ2) is 6.66. The molecular formula is C17H19N3O2. The number of carbonyl (C=O) groups excluding carboxylic acids is 1. The summed E-state index contributed by atoms with van der Waals surface area (Å²) in [5.41, 5.74) is 1.37. The molecule has 5 nitrogen and oxygen atoms in total. The minimum atomic E-state index is -0.176. The number of aliphatic hydroxyl groups is 1. The van der Waals surface area contributed by atoms with E-state index >= 15 is 0 Å². The second-order valence-corrected chi connectivity index (χ2v) is 5.59. The van der Waals surface area contributed by atoms with Crippen LogP contribution in [0.15, 0.2) is 42.7 Å². The zero-order valence-electron chi connectivity index (χ0n) is 12.3.